The van der Waals surface area contributed by atoms with E-state index in [4.69, 9.17) is 19.4 Å². The van der Waals surface area contributed by atoms with Crippen molar-refractivity contribution in [1.29, 1.82) is 0 Å². The van der Waals surface area contributed by atoms with Gasteiger partial charge < -0.3 is 19.7 Å². The average Bonchev–Trinajstić information content (AvgIpc) is 3.82. The summed E-state index contributed by atoms with van der Waals surface area (Å²) in [6.07, 6.45) is 10.7. The number of aromatic amines is 1. The first-order chi connectivity index (χ1) is 23.5. The quantitative estimate of drug-likeness (QED) is 0.188. The number of allylic oxidation sites excluding steroid dienone is 1. The number of morpholine rings is 1. The van der Waals surface area contributed by atoms with Crippen LogP contribution in [0.15, 0.2) is 60.9 Å². The first kappa shape index (κ1) is 30.8. The van der Waals surface area contributed by atoms with Gasteiger partial charge in [-0.3, -0.25) is 19.7 Å². The van der Waals surface area contributed by atoms with Crippen LogP contribution in [0.1, 0.15) is 49.1 Å². The third kappa shape index (κ3) is 5.99. The molecule has 1 aromatic carbocycles. The molecule has 1 saturated carbocycles. The molecule has 11 nitrogen and oxygen atoms in total. The van der Waals surface area contributed by atoms with Crippen molar-refractivity contribution in [2.75, 3.05) is 44.4 Å². The molecule has 7 heterocycles. The van der Waals surface area contributed by atoms with E-state index in [1.165, 1.54) is 11.0 Å². The number of nitrogens with zero attached hydrogens (tertiary/aromatic N) is 5. The van der Waals surface area contributed by atoms with Crippen LogP contribution < -0.4 is 10.2 Å². The Morgan fingerprint density at radius 2 is 1.92 bits per heavy atom. The van der Waals surface area contributed by atoms with Gasteiger partial charge in [-0.2, -0.15) is 5.10 Å². The number of benzene rings is 1. The Kier molecular flexibility index (Phi) is 8.23. The Labute approximate surface area is 281 Å². The molecule has 1 aliphatic carbocycles. The van der Waals surface area contributed by atoms with Crippen LogP contribution in [0.2, 0.25) is 0 Å². The van der Waals surface area contributed by atoms with Crippen molar-refractivity contribution in [2.24, 2.45) is 5.41 Å². The number of aromatic nitrogens is 5. The van der Waals surface area contributed by atoms with Crippen LogP contribution in [0, 0.1) is 5.41 Å². The number of H-pyrrole nitrogens is 1. The van der Waals surface area contributed by atoms with Gasteiger partial charge in [0.2, 0.25) is 5.91 Å². The highest BCUT2D eigenvalue weighted by Crippen LogP contribution is 2.55. The minimum absolute atomic E-state index is 0.0899. The van der Waals surface area contributed by atoms with E-state index in [1.807, 2.05) is 36.5 Å². The summed E-state index contributed by atoms with van der Waals surface area (Å²) in [5.41, 5.74) is 3.09. The maximum absolute atomic E-state index is 12.7. The van der Waals surface area contributed by atoms with E-state index in [-0.39, 0.29) is 35.5 Å². The molecule has 4 aliphatic rings. The molecule has 0 unspecified atom stereocenters. The van der Waals surface area contributed by atoms with Crippen molar-refractivity contribution in [2.45, 2.75) is 44.1 Å². The first-order valence-corrected chi connectivity index (χ1v) is 17.4. The van der Waals surface area contributed by atoms with Gasteiger partial charge in [-0.25, -0.2) is 9.97 Å². The maximum atomic E-state index is 12.7. The second kappa shape index (κ2) is 12.8. The van der Waals surface area contributed by atoms with Crippen molar-refractivity contribution in [3.05, 3.63) is 71.5 Å². The first-order valence-electron chi connectivity index (χ1n) is 16.6. The number of amides is 1. The predicted octanol–water partition coefficient (Wildman–Crippen LogP) is 5.43. The number of anilines is 1. The maximum Gasteiger partial charge on any atom is 0.220 e. The number of pyridine rings is 1. The molecule has 3 saturated heterocycles. The monoisotopic (exact) mass is 663 g/mol. The number of ketones is 1. The van der Waals surface area contributed by atoms with Crippen LogP contribution in [0.5, 0.6) is 0 Å². The van der Waals surface area contributed by atoms with E-state index in [9.17, 15) is 9.59 Å². The lowest BCUT2D eigenvalue weighted by Crippen LogP contribution is -2.53. The van der Waals surface area contributed by atoms with E-state index < -0.39 is 0 Å². The van der Waals surface area contributed by atoms with Crippen LogP contribution in [-0.4, -0.2) is 76.3 Å². The highest BCUT2D eigenvalue weighted by Gasteiger charge is 2.51. The summed E-state index contributed by atoms with van der Waals surface area (Å²) >= 11 is 1.75. The predicted molar refractivity (Wildman–Crippen MR) is 185 cm³/mol. The van der Waals surface area contributed by atoms with Gasteiger partial charge in [-0.15, -0.1) is 11.3 Å². The molecule has 0 atom stereocenters. The summed E-state index contributed by atoms with van der Waals surface area (Å²) in [5, 5.41) is 11.4. The minimum atomic E-state index is -0.365. The van der Waals surface area contributed by atoms with Crippen molar-refractivity contribution < 1.29 is 19.1 Å². The summed E-state index contributed by atoms with van der Waals surface area (Å²) in [6, 6.07) is 13.8. The molecule has 12 heteroatoms. The van der Waals surface area contributed by atoms with Crippen molar-refractivity contribution in [3.63, 3.8) is 0 Å². The molecular formula is C36H37N7O4S. The molecule has 1 amide bonds. The molecular weight excluding hydrogens is 627 g/mol. The Morgan fingerprint density at radius 3 is 2.71 bits per heavy atom. The lowest BCUT2D eigenvalue weighted by molar-refractivity contribution is -0.186. The molecule has 2 bridgehead atoms. The van der Waals surface area contributed by atoms with E-state index >= 15 is 0 Å². The summed E-state index contributed by atoms with van der Waals surface area (Å²) in [6.45, 7) is 4.04. The zero-order chi connectivity index (χ0) is 32.6. The Morgan fingerprint density at radius 1 is 1.04 bits per heavy atom. The smallest absolute Gasteiger partial charge is 0.220 e. The van der Waals surface area contributed by atoms with Crippen molar-refractivity contribution in [3.8, 4) is 11.4 Å². The Hall–Kier alpha value is -4.52. The highest BCUT2D eigenvalue weighted by atomic mass is 32.1. The molecule has 0 radical (unpaired) electrons. The third-order valence-electron chi connectivity index (χ3n) is 10.00. The second-order valence-corrected chi connectivity index (χ2v) is 14.1. The van der Waals surface area contributed by atoms with Gasteiger partial charge in [0.1, 0.15) is 5.60 Å². The molecule has 3 aliphatic heterocycles. The van der Waals surface area contributed by atoms with E-state index in [0.29, 0.717) is 37.9 Å². The fourth-order valence-corrected chi connectivity index (χ4v) is 8.38. The molecule has 48 heavy (non-hydrogen) atoms. The third-order valence-corrected chi connectivity index (χ3v) is 11.3. The van der Waals surface area contributed by atoms with Crippen LogP contribution >= 0.6 is 11.3 Å². The summed E-state index contributed by atoms with van der Waals surface area (Å²) in [7, 11) is 0. The second-order valence-electron chi connectivity index (χ2n) is 13.0. The molecule has 2 N–H and O–H groups in total. The van der Waals surface area contributed by atoms with E-state index in [0.717, 1.165) is 71.3 Å². The van der Waals surface area contributed by atoms with Crippen LogP contribution in [0.25, 0.3) is 38.6 Å². The summed E-state index contributed by atoms with van der Waals surface area (Å²) in [4.78, 5) is 43.0. The fourth-order valence-electron chi connectivity index (χ4n) is 7.07. The van der Waals surface area contributed by atoms with Crippen molar-refractivity contribution in [1.82, 2.24) is 30.5 Å². The van der Waals surface area contributed by atoms with Gasteiger partial charge in [0, 0.05) is 59.9 Å². The number of carbonyl (C=O) groups is 2. The number of hydrogen-bond acceptors (Lipinski definition) is 10. The number of hydrogen-bond donors (Lipinski definition) is 2. The zero-order valence-electron chi connectivity index (χ0n) is 26.6. The number of fused-ring (bicyclic) bond motifs is 5. The number of ether oxygens (including phenoxy) is 2. The minimum Gasteiger partial charge on any atom is -0.378 e. The Bertz CT molecular complexity index is 1970. The summed E-state index contributed by atoms with van der Waals surface area (Å²) < 4.78 is 13.5. The standard InChI is InChI=1S/C36H37N7O4S/c44-25(8-7-24-4-1-2-15-37-24)9-10-31(45)38-22-35-11-13-36(14-12-35,47-23-35)30-20-29-32(48-30)34(43-16-18-46-19-17-43)41-33(40-29)26-5-3-6-28-27(26)21-39-42-28/h1-8,15,20-21H,9-14,16-19,22-23H2,(H,38,45)(H,39,42)/b8-7+. The normalized spacial score (nSPS) is 22.5. The number of carbonyl (C=O) groups excluding carboxylic acids is 2. The lowest BCUT2D eigenvalue weighted by atomic mass is 9.65. The lowest BCUT2D eigenvalue weighted by Gasteiger charge is -2.52. The zero-order valence-corrected chi connectivity index (χ0v) is 27.4. The van der Waals surface area contributed by atoms with Crippen LogP contribution in [0.3, 0.4) is 0 Å². The molecule has 4 fully saturated rings. The molecule has 4 aromatic heterocycles. The topological polar surface area (TPSA) is 135 Å². The molecule has 246 valence electrons. The highest BCUT2D eigenvalue weighted by molar-refractivity contribution is 7.19. The summed E-state index contributed by atoms with van der Waals surface area (Å²) in [5.74, 6) is 1.44. The van der Waals surface area contributed by atoms with Crippen molar-refractivity contribution >= 4 is 56.0 Å². The van der Waals surface area contributed by atoms with Gasteiger partial charge in [0.15, 0.2) is 17.4 Å². The van der Waals surface area contributed by atoms with Gasteiger partial charge in [0.25, 0.3) is 0 Å². The molecule has 5 aromatic rings. The van der Waals surface area contributed by atoms with Gasteiger partial charge in [-0.1, -0.05) is 18.2 Å². The SMILES string of the molecule is O=C(/C=C/c1ccccn1)CCC(=O)NCC12CCC(c3cc4nc(-c5cccc6[nH]ncc56)nc(N5CCOCC5)c4s3)(CC1)OC2. The fraction of sp³-hybridized carbons (Fsp3) is 0.389. The van der Waals surface area contributed by atoms with Gasteiger partial charge in [0.05, 0.1) is 47.4 Å². The average molecular weight is 664 g/mol. The largest absolute Gasteiger partial charge is 0.378 e. The molecule has 0 spiro atoms. The number of rotatable bonds is 10. The number of nitrogens with one attached hydrogen (secondary N) is 2. The van der Waals surface area contributed by atoms with Gasteiger partial charge >= 0.3 is 0 Å². The number of thiophene rings is 1. The Balaban J connectivity index is 0.961. The van der Waals surface area contributed by atoms with E-state index in [2.05, 4.69) is 37.5 Å². The van der Waals surface area contributed by atoms with Crippen LogP contribution in [-0.2, 0) is 24.7 Å². The van der Waals surface area contributed by atoms with Gasteiger partial charge in [-0.05, 0) is 62.1 Å². The molecule has 9 rings (SSSR count). The van der Waals surface area contributed by atoms with Crippen LogP contribution in [0.4, 0.5) is 5.82 Å². The van der Waals surface area contributed by atoms with E-state index in [1.54, 1.807) is 23.6 Å².